The number of carbonyl (C=O) groups is 7. The summed E-state index contributed by atoms with van der Waals surface area (Å²) in [6, 6.07) is -0.534. The fourth-order valence-electron chi connectivity index (χ4n) is 5.24. The first-order valence-electron chi connectivity index (χ1n) is 16.3. The molecule has 3 aliphatic heterocycles. The highest BCUT2D eigenvalue weighted by Gasteiger charge is 2.66. The smallest absolute Gasteiger partial charge is 0.350 e. The summed E-state index contributed by atoms with van der Waals surface area (Å²) in [5.74, 6) is -6.25. The zero-order valence-electron chi connectivity index (χ0n) is 29.5. The van der Waals surface area contributed by atoms with Gasteiger partial charge in [-0.1, -0.05) is 28.5 Å². The number of nitrogen functional groups attached to an aromatic ring is 1. The topological polar surface area (TPSA) is 343 Å². The Bertz CT molecular complexity index is 2100. The number of phenolic OH excluding ortho intramolecular Hbond substituents is 2. The summed E-state index contributed by atoms with van der Waals surface area (Å²) < 4.78 is 0. The fraction of sp³-hybridized carbons (Fsp3) is 0.367. The number of hydrogen-bond donors (Lipinski definition) is 9. The van der Waals surface area contributed by atoms with Crippen molar-refractivity contribution in [2.75, 3.05) is 38.5 Å². The van der Waals surface area contributed by atoms with Crippen LogP contribution in [0.25, 0.3) is 0 Å². The zero-order valence-corrected chi connectivity index (χ0v) is 31.9. The van der Waals surface area contributed by atoms with Crippen LogP contribution in [0.1, 0.15) is 29.9 Å². The number of aromatic hydroxyl groups is 2. The molecular formula is C30H33ClN12O12S2. The van der Waals surface area contributed by atoms with Crippen molar-refractivity contribution in [3.8, 4) is 11.5 Å². The maximum atomic E-state index is 13.4. The number of amides is 7. The molecule has 7 amide bonds. The van der Waals surface area contributed by atoms with E-state index in [-0.39, 0.29) is 47.6 Å². The van der Waals surface area contributed by atoms with Gasteiger partial charge in [-0.15, -0.1) is 11.3 Å². The Hall–Kier alpha value is -6.41. The molecule has 3 atom stereocenters. The van der Waals surface area contributed by atoms with Gasteiger partial charge in [0.15, 0.2) is 22.3 Å². The van der Waals surface area contributed by atoms with E-state index in [4.69, 9.17) is 22.2 Å². The second kappa shape index (κ2) is 16.8. The highest BCUT2D eigenvalue weighted by atomic mass is 35.5. The van der Waals surface area contributed by atoms with Gasteiger partial charge in [0, 0.05) is 25.0 Å². The molecule has 1 aromatic heterocycles. The molecule has 1 aromatic carbocycles. The van der Waals surface area contributed by atoms with E-state index in [1.54, 1.807) is 0 Å². The number of hydrogen-bond acceptors (Lipinski definition) is 17. The normalized spacial score (nSPS) is 20.8. The molecule has 0 aliphatic carbocycles. The largest absolute Gasteiger partial charge is 0.504 e. The zero-order chi connectivity index (χ0) is 41.8. The number of aromatic nitrogens is 1. The number of rotatable bonds is 15. The van der Waals surface area contributed by atoms with Gasteiger partial charge < -0.3 is 51.8 Å². The van der Waals surface area contributed by atoms with Crippen LogP contribution >= 0.6 is 34.7 Å². The van der Waals surface area contributed by atoms with Crippen molar-refractivity contribution in [3.05, 3.63) is 33.8 Å². The van der Waals surface area contributed by atoms with Crippen LogP contribution < -0.4 is 27.1 Å². The van der Waals surface area contributed by atoms with Gasteiger partial charge in [-0.3, -0.25) is 19.3 Å². The molecule has 5 rings (SSSR count). The van der Waals surface area contributed by atoms with E-state index in [2.05, 4.69) is 41.7 Å². The Labute approximate surface area is 333 Å². The number of nitrogens with one attached hydrogen (secondary N) is 4. The number of anilines is 1. The van der Waals surface area contributed by atoms with Gasteiger partial charge in [-0.05, 0) is 26.0 Å². The number of hydrazone groups is 2. The number of phenols is 2. The van der Waals surface area contributed by atoms with Gasteiger partial charge in [0.1, 0.15) is 17.1 Å². The van der Waals surface area contributed by atoms with Crippen LogP contribution in [-0.2, 0) is 24.0 Å². The lowest BCUT2D eigenvalue weighted by Crippen LogP contribution is -2.68. The Kier molecular flexibility index (Phi) is 12.3. The number of halogens is 1. The number of urea groups is 2. The molecule has 3 saturated heterocycles. The fourth-order valence-corrected chi connectivity index (χ4v) is 7.67. The van der Waals surface area contributed by atoms with Gasteiger partial charge in [-0.2, -0.15) is 10.2 Å². The quantitative estimate of drug-likeness (QED) is 0.0341. The van der Waals surface area contributed by atoms with Crippen LogP contribution in [0.4, 0.5) is 14.7 Å². The Morgan fingerprint density at radius 1 is 1.12 bits per heavy atom. The number of fused-ring (bicyclic) bond motifs is 1. The lowest BCUT2D eigenvalue weighted by atomic mass is 10.1. The number of aliphatic carboxylic acids is 2. The van der Waals surface area contributed by atoms with Crippen LogP contribution in [0.15, 0.2) is 32.9 Å². The highest BCUT2D eigenvalue weighted by Crippen LogP contribution is 2.49. The first-order valence-corrected chi connectivity index (χ1v) is 18.4. The third-order valence-corrected chi connectivity index (χ3v) is 11.0. The Morgan fingerprint density at radius 2 is 1.84 bits per heavy atom. The summed E-state index contributed by atoms with van der Waals surface area (Å²) in [4.78, 5) is 97.7. The minimum Gasteiger partial charge on any atom is -0.504 e. The molecule has 0 spiro atoms. The molecule has 3 fully saturated rings. The number of nitrogens with zero attached hydrogens (tertiary/aromatic N) is 7. The highest BCUT2D eigenvalue weighted by molar-refractivity contribution is 8.02. The van der Waals surface area contributed by atoms with Crippen molar-refractivity contribution in [2.24, 2.45) is 15.4 Å². The molecule has 24 nitrogen and oxygen atoms in total. The molecule has 0 bridgehead atoms. The van der Waals surface area contributed by atoms with Crippen molar-refractivity contribution >= 4 is 99.7 Å². The van der Waals surface area contributed by atoms with Crippen LogP contribution in [0.2, 0.25) is 5.02 Å². The maximum absolute atomic E-state index is 13.4. The van der Waals surface area contributed by atoms with Crippen molar-refractivity contribution in [2.45, 2.75) is 35.7 Å². The van der Waals surface area contributed by atoms with Gasteiger partial charge in [-0.25, -0.2) is 34.6 Å². The maximum Gasteiger partial charge on any atom is 0.350 e. The standard InChI is InChI=1S/C30H33ClN12O12S2/c1-29(2,24(49)50)55-40-17(14-11-56-26(32)37-14)21(47)38-18-22(48)41-12-30(25(51)52,57-23(18)41)42-9-10-43(28(42)54)36-8-7-35-39-27(53)34-6-5-33-20(46)13-3-4-15(44)19(45)16(13)31/h3-4,7-8,11,18,23,44-45H,5-6,9-10,12H2,1-2H3,(H2,32,37)(H,33,46)(H,38,47)(H,49,50)(H,51,52)(H2,34,39,53)/b35-7+,36-8+,40-17-/t18?,23-,30-/m1/s1. The van der Waals surface area contributed by atoms with Gasteiger partial charge in [0.05, 0.1) is 36.1 Å². The summed E-state index contributed by atoms with van der Waals surface area (Å²) in [6.45, 7) is 1.75. The minimum absolute atomic E-state index is 0.0375. The lowest BCUT2D eigenvalue weighted by molar-refractivity contribution is -0.161. The van der Waals surface area contributed by atoms with E-state index in [0.717, 1.165) is 51.5 Å². The molecule has 1 unspecified atom stereocenters. The molecule has 27 heteroatoms. The van der Waals surface area contributed by atoms with E-state index >= 15 is 0 Å². The molecule has 0 saturated carbocycles. The van der Waals surface area contributed by atoms with E-state index in [9.17, 15) is 54.0 Å². The second-order valence-corrected chi connectivity index (χ2v) is 15.1. The monoisotopic (exact) mass is 852 g/mol. The lowest BCUT2D eigenvalue weighted by Gasteiger charge is -2.41. The first kappa shape index (κ1) is 41.7. The number of nitrogens with two attached hydrogens (primary N) is 1. The predicted molar refractivity (Wildman–Crippen MR) is 201 cm³/mol. The second-order valence-electron chi connectivity index (χ2n) is 12.5. The number of benzene rings is 1. The minimum atomic E-state index is -1.96. The molecule has 2 aromatic rings. The van der Waals surface area contributed by atoms with Gasteiger partial charge in [0.25, 0.3) is 11.8 Å². The van der Waals surface area contributed by atoms with Crippen LogP contribution in [0.3, 0.4) is 0 Å². The molecule has 4 heterocycles. The molecule has 304 valence electrons. The number of thioether (sulfide) groups is 1. The summed E-state index contributed by atoms with van der Waals surface area (Å²) >= 11 is 7.58. The molecule has 10 N–H and O–H groups in total. The van der Waals surface area contributed by atoms with Crippen LogP contribution in [-0.4, -0.2) is 155 Å². The van der Waals surface area contributed by atoms with Crippen molar-refractivity contribution in [1.82, 2.24) is 41.2 Å². The van der Waals surface area contributed by atoms with Crippen molar-refractivity contribution in [3.63, 3.8) is 0 Å². The number of carboxylic acid groups (broad SMARTS) is 2. The average Bonchev–Trinajstić information content (AvgIpc) is 3.86. The molecule has 3 aliphatic rings. The van der Waals surface area contributed by atoms with E-state index in [1.807, 2.05) is 0 Å². The van der Waals surface area contributed by atoms with Crippen LogP contribution in [0, 0.1) is 0 Å². The number of thiazole rings is 1. The SMILES string of the molecule is CC(C)(O/N=C(\C(=O)NC1C(=O)N2C[C@@](C(=O)O)(N3CCN(/N=C/C=N/NC(=O)NCCNC(=O)c4ccc(O)c(O)c4Cl)C3=O)S[C@H]12)c1csc(N)n1)C(=O)O. The first-order chi connectivity index (χ1) is 26.9. The molecular weight excluding hydrogens is 820 g/mol. The van der Waals surface area contributed by atoms with Crippen LogP contribution in [0.5, 0.6) is 11.5 Å². The number of carbonyl (C=O) groups excluding carboxylic acids is 5. The molecule has 0 radical (unpaired) electrons. The Balaban J connectivity index is 1.13. The number of carboxylic acids is 2. The third kappa shape index (κ3) is 8.70. The third-order valence-electron chi connectivity index (χ3n) is 8.29. The van der Waals surface area contributed by atoms with Gasteiger partial charge >= 0.3 is 24.0 Å². The average molecular weight is 853 g/mol. The van der Waals surface area contributed by atoms with E-state index in [1.165, 1.54) is 30.2 Å². The summed E-state index contributed by atoms with van der Waals surface area (Å²) in [6.07, 6.45) is 2.10. The Morgan fingerprint density at radius 3 is 2.51 bits per heavy atom. The summed E-state index contributed by atoms with van der Waals surface area (Å²) in [5.41, 5.74) is 5.34. The number of β-lactam (4-membered cyclic amide) rings is 1. The summed E-state index contributed by atoms with van der Waals surface area (Å²) in [7, 11) is 0. The summed E-state index contributed by atoms with van der Waals surface area (Å²) in [5, 5.41) is 58.6. The van der Waals surface area contributed by atoms with E-state index in [0.29, 0.717) is 0 Å². The predicted octanol–water partition coefficient (Wildman–Crippen LogP) is -1.01. The van der Waals surface area contributed by atoms with Gasteiger partial charge in [0.2, 0.25) is 16.4 Å². The number of oxime groups is 1. The van der Waals surface area contributed by atoms with Crippen molar-refractivity contribution in [1.29, 1.82) is 0 Å². The van der Waals surface area contributed by atoms with E-state index < -0.39 is 87.4 Å². The molecule has 57 heavy (non-hydrogen) atoms. The van der Waals surface area contributed by atoms with Crippen molar-refractivity contribution < 1.29 is 58.8 Å².